The average Bonchev–Trinajstić information content (AvgIpc) is 2.69. The lowest BCUT2D eigenvalue weighted by Crippen LogP contribution is -2.29. The molecule has 0 bridgehead atoms. The van der Waals surface area contributed by atoms with Gasteiger partial charge in [0.15, 0.2) is 5.65 Å². The van der Waals surface area contributed by atoms with Crippen LogP contribution >= 0.6 is 0 Å². The number of nitrogens with zero attached hydrogens (tertiary/aromatic N) is 4. The minimum absolute atomic E-state index is 0.480. The Balaban J connectivity index is 1.97. The van der Waals surface area contributed by atoms with E-state index in [-0.39, 0.29) is 0 Å². The second-order valence-corrected chi connectivity index (χ2v) is 4.76. The molecule has 3 heterocycles. The van der Waals surface area contributed by atoms with E-state index in [1.807, 2.05) is 12.3 Å². The maximum Gasteiger partial charge on any atom is 0.178 e. The van der Waals surface area contributed by atoms with Crippen LogP contribution in [-0.4, -0.2) is 39.6 Å². The molecule has 0 aliphatic carbocycles. The quantitative estimate of drug-likeness (QED) is 0.799. The Morgan fingerprint density at radius 1 is 1.35 bits per heavy atom. The van der Waals surface area contributed by atoms with Crippen LogP contribution in [0.1, 0.15) is 24.5 Å². The van der Waals surface area contributed by atoms with Gasteiger partial charge in [0.25, 0.3) is 0 Å². The van der Waals surface area contributed by atoms with Crippen molar-refractivity contribution in [2.75, 3.05) is 25.9 Å². The topological polar surface area (TPSA) is 59.5 Å². The molecule has 90 valence electrons. The third-order valence-corrected chi connectivity index (χ3v) is 3.56. The number of nitrogens with two attached hydrogens (primary N) is 1. The van der Waals surface area contributed by atoms with Crippen molar-refractivity contribution < 1.29 is 0 Å². The highest BCUT2D eigenvalue weighted by molar-refractivity contribution is 5.67. The molecule has 1 aliphatic heterocycles. The first kappa shape index (κ1) is 10.5. The van der Waals surface area contributed by atoms with Crippen molar-refractivity contribution in [2.45, 2.75) is 18.8 Å². The standard InChI is InChI=1S/C12H17N5/c1-16-7-3-9(4-8-16)11-10(13)12-14-5-2-6-17(12)15-11/h2,5-6,9H,3-4,7-8,13H2,1H3. The Morgan fingerprint density at radius 3 is 2.82 bits per heavy atom. The molecule has 0 atom stereocenters. The van der Waals surface area contributed by atoms with Crippen LogP contribution in [0.2, 0.25) is 0 Å². The van der Waals surface area contributed by atoms with E-state index in [4.69, 9.17) is 5.73 Å². The molecular formula is C12H17N5. The number of nitrogen functional groups attached to an aromatic ring is 1. The van der Waals surface area contributed by atoms with Crippen molar-refractivity contribution in [3.05, 3.63) is 24.2 Å². The maximum atomic E-state index is 6.15. The predicted molar refractivity (Wildman–Crippen MR) is 66.9 cm³/mol. The van der Waals surface area contributed by atoms with Crippen LogP contribution in [0.15, 0.2) is 18.5 Å². The largest absolute Gasteiger partial charge is 0.394 e. The van der Waals surface area contributed by atoms with Crippen LogP contribution < -0.4 is 5.73 Å². The number of rotatable bonds is 1. The zero-order valence-electron chi connectivity index (χ0n) is 10.0. The number of aromatic nitrogens is 3. The molecular weight excluding hydrogens is 214 g/mol. The first-order valence-electron chi connectivity index (χ1n) is 6.03. The molecule has 1 fully saturated rings. The van der Waals surface area contributed by atoms with E-state index < -0.39 is 0 Å². The summed E-state index contributed by atoms with van der Waals surface area (Å²) in [4.78, 5) is 6.62. The zero-order valence-corrected chi connectivity index (χ0v) is 10.0. The van der Waals surface area contributed by atoms with E-state index in [0.29, 0.717) is 5.92 Å². The van der Waals surface area contributed by atoms with Crippen LogP contribution in [-0.2, 0) is 0 Å². The molecule has 2 N–H and O–H groups in total. The Hall–Kier alpha value is -1.62. The summed E-state index contributed by atoms with van der Waals surface area (Å²) in [6, 6.07) is 1.87. The first-order chi connectivity index (χ1) is 8.25. The monoisotopic (exact) mass is 231 g/mol. The van der Waals surface area contributed by atoms with Gasteiger partial charge in [0.2, 0.25) is 0 Å². The van der Waals surface area contributed by atoms with Gasteiger partial charge in [-0.2, -0.15) is 5.10 Å². The summed E-state index contributed by atoms with van der Waals surface area (Å²) < 4.78 is 1.78. The van der Waals surface area contributed by atoms with E-state index in [0.717, 1.165) is 43.0 Å². The van der Waals surface area contributed by atoms with Crippen molar-refractivity contribution in [1.82, 2.24) is 19.5 Å². The number of hydrogen-bond donors (Lipinski definition) is 1. The van der Waals surface area contributed by atoms with Gasteiger partial charge >= 0.3 is 0 Å². The van der Waals surface area contributed by atoms with Gasteiger partial charge in [-0.15, -0.1) is 0 Å². The van der Waals surface area contributed by atoms with Crippen LogP contribution in [0.3, 0.4) is 0 Å². The summed E-state index contributed by atoms with van der Waals surface area (Å²) >= 11 is 0. The van der Waals surface area contributed by atoms with E-state index >= 15 is 0 Å². The van der Waals surface area contributed by atoms with Gasteiger partial charge in [-0.1, -0.05) is 0 Å². The minimum atomic E-state index is 0.480. The third-order valence-electron chi connectivity index (χ3n) is 3.56. The maximum absolute atomic E-state index is 6.15. The molecule has 2 aromatic heterocycles. The van der Waals surface area contributed by atoms with Gasteiger partial charge in [0.05, 0.1) is 5.69 Å². The molecule has 3 rings (SSSR count). The number of hydrogen-bond acceptors (Lipinski definition) is 4. The summed E-state index contributed by atoms with van der Waals surface area (Å²) in [5.74, 6) is 0.480. The molecule has 0 saturated carbocycles. The Labute approximate surface area is 100 Å². The number of anilines is 1. The minimum Gasteiger partial charge on any atom is -0.394 e. The lowest BCUT2D eigenvalue weighted by Gasteiger charge is -2.27. The summed E-state index contributed by atoms with van der Waals surface area (Å²) in [5, 5.41) is 4.57. The molecule has 5 nitrogen and oxygen atoms in total. The summed E-state index contributed by atoms with van der Waals surface area (Å²) in [5.41, 5.74) is 8.70. The number of piperidine rings is 1. The van der Waals surface area contributed by atoms with Crippen molar-refractivity contribution in [2.24, 2.45) is 0 Å². The molecule has 2 aromatic rings. The highest BCUT2D eigenvalue weighted by atomic mass is 15.3. The fourth-order valence-corrected chi connectivity index (χ4v) is 2.51. The van der Waals surface area contributed by atoms with E-state index in [2.05, 4.69) is 22.0 Å². The molecule has 5 heteroatoms. The molecule has 0 radical (unpaired) electrons. The van der Waals surface area contributed by atoms with Crippen LogP contribution in [0.4, 0.5) is 5.69 Å². The fourth-order valence-electron chi connectivity index (χ4n) is 2.51. The molecule has 1 saturated heterocycles. The van der Waals surface area contributed by atoms with Gasteiger partial charge in [-0.3, -0.25) is 0 Å². The van der Waals surface area contributed by atoms with E-state index in [1.165, 1.54) is 0 Å². The molecule has 0 aromatic carbocycles. The molecule has 0 amide bonds. The van der Waals surface area contributed by atoms with Crippen molar-refractivity contribution in [1.29, 1.82) is 0 Å². The molecule has 1 aliphatic rings. The van der Waals surface area contributed by atoms with Crippen LogP contribution in [0.5, 0.6) is 0 Å². The predicted octanol–water partition coefficient (Wildman–Crippen LogP) is 1.12. The summed E-state index contributed by atoms with van der Waals surface area (Å²) in [7, 11) is 2.16. The van der Waals surface area contributed by atoms with E-state index in [9.17, 15) is 0 Å². The van der Waals surface area contributed by atoms with Crippen LogP contribution in [0.25, 0.3) is 5.65 Å². The van der Waals surface area contributed by atoms with Crippen molar-refractivity contribution >= 4 is 11.3 Å². The van der Waals surface area contributed by atoms with Crippen molar-refractivity contribution in [3.8, 4) is 0 Å². The highest BCUT2D eigenvalue weighted by Crippen LogP contribution is 2.31. The summed E-state index contributed by atoms with van der Waals surface area (Å²) in [6.07, 6.45) is 5.91. The fraction of sp³-hybridized carbons (Fsp3) is 0.500. The second-order valence-electron chi connectivity index (χ2n) is 4.76. The highest BCUT2D eigenvalue weighted by Gasteiger charge is 2.24. The normalized spacial score (nSPS) is 18.9. The lowest BCUT2D eigenvalue weighted by atomic mass is 9.93. The number of fused-ring (bicyclic) bond motifs is 1. The Morgan fingerprint density at radius 2 is 2.12 bits per heavy atom. The molecule has 0 unspecified atom stereocenters. The van der Waals surface area contributed by atoms with Crippen molar-refractivity contribution in [3.63, 3.8) is 0 Å². The van der Waals surface area contributed by atoms with Gasteiger partial charge < -0.3 is 10.6 Å². The van der Waals surface area contributed by atoms with Gasteiger partial charge in [0.1, 0.15) is 5.69 Å². The van der Waals surface area contributed by atoms with Gasteiger partial charge in [-0.05, 0) is 39.0 Å². The molecule has 0 spiro atoms. The summed E-state index contributed by atoms with van der Waals surface area (Å²) in [6.45, 7) is 2.23. The lowest BCUT2D eigenvalue weighted by molar-refractivity contribution is 0.253. The molecule has 17 heavy (non-hydrogen) atoms. The Kier molecular flexibility index (Phi) is 2.48. The number of likely N-dealkylation sites (tertiary alicyclic amines) is 1. The SMILES string of the molecule is CN1CCC(c2nn3cccnc3c2N)CC1. The van der Waals surface area contributed by atoms with Gasteiger partial charge in [0, 0.05) is 18.3 Å². The van der Waals surface area contributed by atoms with Crippen LogP contribution in [0, 0.1) is 0 Å². The average molecular weight is 231 g/mol. The Bertz CT molecular complexity index is 525. The van der Waals surface area contributed by atoms with Gasteiger partial charge in [-0.25, -0.2) is 9.50 Å². The third kappa shape index (κ3) is 1.76. The second kappa shape index (κ2) is 4.00. The zero-order chi connectivity index (χ0) is 11.8. The smallest absolute Gasteiger partial charge is 0.178 e. The first-order valence-corrected chi connectivity index (χ1v) is 6.03. The van der Waals surface area contributed by atoms with E-state index in [1.54, 1.807) is 10.7 Å².